The minimum Gasteiger partial charge on any atom is -0.330 e. The third kappa shape index (κ3) is 0.447. The molecule has 2 heterocycles. The molecule has 38 valence electrons. The van der Waals surface area contributed by atoms with Gasteiger partial charge in [-0.05, 0) is 6.42 Å². The summed E-state index contributed by atoms with van der Waals surface area (Å²) in [5.41, 5.74) is 0. The Balaban J connectivity index is 2.12. The van der Waals surface area contributed by atoms with Gasteiger partial charge in [-0.1, -0.05) is 0 Å². The van der Waals surface area contributed by atoms with Crippen molar-refractivity contribution in [2.24, 2.45) is 0 Å². The number of hydrogen-bond donors (Lipinski definition) is 0. The number of fused-ring (bicyclic) bond motifs is 2. The van der Waals surface area contributed by atoms with E-state index in [9.17, 15) is 0 Å². The fourth-order valence-corrected chi connectivity index (χ4v) is 1.38. The normalized spacial score (nSPS) is 46.9. The minimum atomic E-state index is 0.546. The molecule has 0 unspecified atom stereocenters. The Morgan fingerprint density at radius 1 is 1.43 bits per heavy atom. The zero-order chi connectivity index (χ0) is 4.69. The fraction of sp³-hybridized carbons (Fsp3) is 0.833. The standard InChI is InChI=1S/C6H9O/c1-2-6-4-3-5(1)7-6/h1,5-6H,2-4H2/q+1/t5-,6+/m0/s1. The summed E-state index contributed by atoms with van der Waals surface area (Å²) in [6.45, 7) is 0. The highest BCUT2D eigenvalue weighted by Gasteiger charge is 2.39. The van der Waals surface area contributed by atoms with Gasteiger partial charge in [-0.15, -0.1) is 0 Å². The number of ether oxygens (including phenoxy) is 1. The van der Waals surface area contributed by atoms with Gasteiger partial charge in [-0.2, -0.15) is 0 Å². The molecule has 0 aromatic rings. The van der Waals surface area contributed by atoms with E-state index in [4.69, 9.17) is 4.74 Å². The summed E-state index contributed by atoms with van der Waals surface area (Å²) in [4.78, 5) is 0. The van der Waals surface area contributed by atoms with Crippen molar-refractivity contribution < 1.29 is 4.74 Å². The molecule has 0 spiro atoms. The van der Waals surface area contributed by atoms with Crippen LogP contribution in [-0.4, -0.2) is 12.2 Å². The van der Waals surface area contributed by atoms with Crippen molar-refractivity contribution in [1.82, 2.24) is 0 Å². The predicted molar refractivity (Wildman–Crippen MR) is 26.8 cm³/mol. The SMILES string of the molecule is [CH+]1C[C@@H]2CC[C@H]1O2. The van der Waals surface area contributed by atoms with Crippen LogP contribution < -0.4 is 0 Å². The van der Waals surface area contributed by atoms with Crippen molar-refractivity contribution in [2.45, 2.75) is 31.5 Å². The monoisotopic (exact) mass is 97.1 g/mol. The van der Waals surface area contributed by atoms with Crippen LogP contribution in [0.4, 0.5) is 0 Å². The molecule has 1 heteroatoms. The lowest BCUT2D eigenvalue weighted by molar-refractivity contribution is 0.111. The van der Waals surface area contributed by atoms with E-state index < -0.39 is 0 Å². The smallest absolute Gasteiger partial charge is 0.197 e. The third-order valence-electron chi connectivity index (χ3n) is 1.80. The molecule has 0 amide bonds. The summed E-state index contributed by atoms with van der Waals surface area (Å²) in [7, 11) is 0. The molecule has 2 saturated heterocycles. The maximum absolute atomic E-state index is 5.42. The molecule has 2 aliphatic heterocycles. The first-order chi connectivity index (χ1) is 3.45. The summed E-state index contributed by atoms with van der Waals surface area (Å²) < 4.78 is 5.42. The van der Waals surface area contributed by atoms with Crippen LogP contribution in [-0.2, 0) is 4.74 Å². The summed E-state index contributed by atoms with van der Waals surface area (Å²) in [6.07, 6.45) is 7.25. The summed E-state index contributed by atoms with van der Waals surface area (Å²) in [6, 6.07) is 0. The number of hydrogen-bond acceptors (Lipinski definition) is 1. The van der Waals surface area contributed by atoms with E-state index >= 15 is 0 Å². The molecule has 2 atom stereocenters. The molecule has 0 aliphatic carbocycles. The summed E-state index contributed by atoms with van der Waals surface area (Å²) in [5.74, 6) is 0. The molecule has 0 aromatic heterocycles. The van der Waals surface area contributed by atoms with Crippen molar-refractivity contribution in [1.29, 1.82) is 0 Å². The largest absolute Gasteiger partial charge is 0.330 e. The molecule has 0 aromatic carbocycles. The lowest BCUT2D eigenvalue weighted by Crippen LogP contribution is -1.99. The Hall–Kier alpha value is -0.170. The number of rotatable bonds is 0. The highest BCUT2D eigenvalue weighted by atomic mass is 16.5. The van der Waals surface area contributed by atoms with Crippen LogP contribution in [0.3, 0.4) is 0 Å². The van der Waals surface area contributed by atoms with Crippen molar-refractivity contribution in [2.75, 3.05) is 0 Å². The second-order valence-electron chi connectivity index (χ2n) is 2.35. The van der Waals surface area contributed by atoms with E-state index in [1.54, 1.807) is 0 Å². The van der Waals surface area contributed by atoms with E-state index in [2.05, 4.69) is 6.42 Å². The van der Waals surface area contributed by atoms with Gasteiger partial charge >= 0.3 is 0 Å². The molecule has 2 bridgehead atoms. The van der Waals surface area contributed by atoms with Crippen LogP contribution in [0.25, 0.3) is 0 Å². The van der Waals surface area contributed by atoms with Gasteiger partial charge in [0.25, 0.3) is 0 Å². The summed E-state index contributed by atoms with van der Waals surface area (Å²) >= 11 is 0. The second kappa shape index (κ2) is 1.16. The molecule has 0 radical (unpaired) electrons. The van der Waals surface area contributed by atoms with Crippen LogP contribution in [0.5, 0.6) is 0 Å². The average molecular weight is 97.1 g/mol. The van der Waals surface area contributed by atoms with Crippen LogP contribution in [0, 0.1) is 6.42 Å². The maximum Gasteiger partial charge on any atom is 0.197 e. The van der Waals surface area contributed by atoms with E-state index in [1.165, 1.54) is 19.3 Å². The molecule has 7 heavy (non-hydrogen) atoms. The van der Waals surface area contributed by atoms with Crippen molar-refractivity contribution in [3.8, 4) is 0 Å². The van der Waals surface area contributed by atoms with E-state index in [0.717, 1.165) is 0 Å². The second-order valence-corrected chi connectivity index (χ2v) is 2.35. The van der Waals surface area contributed by atoms with Crippen molar-refractivity contribution in [3.63, 3.8) is 0 Å². The highest BCUT2D eigenvalue weighted by molar-refractivity contribution is 4.94. The van der Waals surface area contributed by atoms with Gasteiger partial charge in [0, 0.05) is 6.42 Å². The van der Waals surface area contributed by atoms with Crippen LogP contribution in [0.1, 0.15) is 19.3 Å². The molecular formula is C6H9O+. The fourth-order valence-electron chi connectivity index (χ4n) is 1.38. The Morgan fingerprint density at radius 2 is 2.43 bits per heavy atom. The van der Waals surface area contributed by atoms with Crippen LogP contribution in [0.2, 0.25) is 0 Å². The van der Waals surface area contributed by atoms with E-state index in [-0.39, 0.29) is 0 Å². The highest BCUT2D eigenvalue weighted by Crippen LogP contribution is 2.32. The first-order valence-corrected chi connectivity index (χ1v) is 2.94. The van der Waals surface area contributed by atoms with Crippen LogP contribution in [0.15, 0.2) is 0 Å². The van der Waals surface area contributed by atoms with Gasteiger partial charge in [-0.25, -0.2) is 0 Å². The zero-order valence-electron chi connectivity index (χ0n) is 4.26. The molecule has 2 fully saturated rings. The molecule has 2 rings (SSSR count). The molecule has 1 nitrogen and oxygen atoms in total. The Morgan fingerprint density at radius 3 is 2.57 bits per heavy atom. The van der Waals surface area contributed by atoms with Gasteiger partial charge in [-0.3, -0.25) is 0 Å². The van der Waals surface area contributed by atoms with Gasteiger partial charge in [0.15, 0.2) is 6.10 Å². The first kappa shape index (κ1) is 3.79. The van der Waals surface area contributed by atoms with Crippen molar-refractivity contribution >= 4 is 0 Å². The van der Waals surface area contributed by atoms with Crippen LogP contribution >= 0.6 is 0 Å². The van der Waals surface area contributed by atoms with E-state index in [1.807, 2.05) is 0 Å². The molecule has 0 saturated carbocycles. The topological polar surface area (TPSA) is 9.23 Å². The van der Waals surface area contributed by atoms with Crippen molar-refractivity contribution in [3.05, 3.63) is 6.42 Å². The van der Waals surface area contributed by atoms with E-state index in [0.29, 0.717) is 12.2 Å². The third-order valence-corrected chi connectivity index (χ3v) is 1.80. The predicted octanol–water partition coefficient (Wildman–Crippen LogP) is 1.14. The minimum absolute atomic E-state index is 0.546. The molecule has 0 N–H and O–H groups in total. The van der Waals surface area contributed by atoms with Gasteiger partial charge in [0.2, 0.25) is 0 Å². The Labute approximate surface area is 43.7 Å². The summed E-state index contributed by atoms with van der Waals surface area (Å²) in [5, 5.41) is 0. The Bertz CT molecular complexity index is 62.2. The average Bonchev–Trinajstić information content (AvgIpc) is 2.22. The molecule has 2 aliphatic rings. The first-order valence-electron chi connectivity index (χ1n) is 2.94. The van der Waals surface area contributed by atoms with Gasteiger partial charge in [0.1, 0.15) is 18.9 Å². The quantitative estimate of drug-likeness (QED) is 0.412. The van der Waals surface area contributed by atoms with Gasteiger partial charge in [0.05, 0.1) is 0 Å². The molecular weight excluding hydrogens is 88.1 g/mol. The zero-order valence-corrected chi connectivity index (χ0v) is 4.26. The van der Waals surface area contributed by atoms with Gasteiger partial charge < -0.3 is 4.74 Å². The lowest BCUT2D eigenvalue weighted by atomic mass is 10.0. The Kier molecular flexibility index (Phi) is 0.627. The lowest BCUT2D eigenvalue weighted by Gasteiger charge is -1.92. The maximum atomic E-state index is 5.42.